The monoisotopic (exact) mass is 325 g/mol. The summed E-state index contributed by atoms with van der Waals surface area (Å²) in [5.41, 5.74) is 1.64. The van der Waals surface area contributed by atoms with Crippen LogP contribution in [0.15, 0.2) is 28.9 Å². The zero-order valence-corrected chi connectivity index (χ0v) is 12.8. The summed E-state index contributed by atoms with van der Waals surface area (Å²) in [5.74, 6) is 0.979. The minimum absolute atomic E-state index is 0.288. The van der Waals surface area contributed by atoms with Gasteiger partial charge in [-0.05, 0) is 47.0 Å². The highest BCUT2D eigenvalue weighted by Crippen LogP contribution is 2.22. The second-order valence-corrected chi connectivity index (χ2v) is 5.86. The molecule has 2 rings (SSSR count). The summed E-state index contributed by atoms with van der Waals surface area (Å²) in [7, 11) is 0. The molecule has 3 nitrogen and oxygen atoms in total. The second-order valence-electron chi connectivity index (χ2n) is 5.01. The van der Waals surface area contributed by atoms with Gasteiger partial charge in [-0.2, -0.15) is 0 Å². The van der Waals surface area contributed by atoms with Gasteiger partial charge in [0, 0.05) is 18.4 Å². The van der Waals surface area contributed by atoms with Crippen LogP contribution in [0, 0.1) is 18.7 Å². The van der Waals surface area contributed by atoms with Crippen molar-refractivity contribution in [2.75, 3.05) is 5.32 Å². The summed E-state index contributed by atoms with van der Waals surface area (Å²) in [5, 5.41) is 3.16. The number of aryl methyl sites for hydroxylation is 1. The normalized spacial score (nSPS) is 11.1. The topological polar surface area (TPSA) is 29.9 Å². The molecule has 19 heavy (non-hydrogen) atoms. The summed E-state index contributed by atoms with van der Waals surface area (Å²) < 4.78 is 16.0. The van der Waals surface area contributed by atoms with Crippen molar-refractivity contribution in [3.63, 3.8) is 0 Å². The number of aromatic nitrogens is 2. The summed E-state index contributed by atoms with van der Waals surface area (Å²) in [6, 6.07) is 4.95. The Morgan fingerprint density at radius 2 is 2.16 bits per heavy atom. The third-order valence-corrected chi connectivity index (χ3v) is 3.28. The molecule has 5 heteroatoms. The lowest BCUT2D eigenvalue weighted by Gasteiger charge is -2.12. The number of hydrogen-bond acceptors (Lipinski definition) is 2. The molecule has 1 aromatic carbocycles. The van der Waals surface area contributed by atoms with Gasteiger partial charge in [0.1, 0.15) is 5.82 Å². The van der Waals surface area contributed by atoms with Crippen LogP contribution < -0.4 is 5.32 Å². The van der Waals surface area contributed by atoms with E-state index in [1.54, 1.807) is 6.07 Å². The van der Waals surface area contributed by atoms with E-state index < -0.39 is 0 Å². The maximum absolute atomic E-state index is 13.5. The molecule has 0 atom stereocenters. The Labute approximate surface area is 121 Å². The van der Waals surface area contributed by atoms with E-state index in [1.807, 2.05) is 19.2 Å². The minimum atomic E-state index is -0.288. The molecule has 0 fully saturated rings. The summed E-state index contributed by atoms with van der Waals surface area (Å²) >= 11 is 3.14. The average molecular weight is 326 g/mol. The lowest BCUT2D eigenvalue weighted by Crippen LogP contribution is -2.07. The lowest BCUT2D eigenvalue weighted by atomic mass is 10.2. The van der Waals surface area contributed by atoms with Crippen LogP contribution in [0.3, 0.4) is 0 Å². The molecule has 102 valence electrons. The molecule has 0 radical (unpaired) electrons. The van der Waals surface area contributed by atoms with Gasteiger partial charge in [-0.1, -0.05) is 13.8 Å². The maximum Gasteiger partial charge on any atom is 0.207 e. The van der Waals surface area contributed by atoms with E-state index in [9.17, 15) is 4.39 Å². The van der Waals surface area contributed by atoms with E-state index in [0.717, 1.165) is 18.2 Å². The predicted molar refractivity (Wildman–Crippen MR) is 79.2 cm³/mol. The van der Waals surface area contributed by atoms with Crippen LogP contribution >= 0.6 is 15.9 Å². The first-order valence-corrected chi connectivity index (χ1v) is 7.01. The van der Waals surface area contributed by atoms with Crippen molar-refractivity contribution in [3.05, 3.63) is 40.4 Å². The zero-order chi connectivity index (χ0) is 14.0. The van der Waals surface area contributed by atoms with Crippen molar-refractivity contribution in [2.45, 2.75) is 27.3 Å². The fraction of sp³-hybridized carbons (Fsp3) is 0.357. The molecule has 0 saturated heterocycles. The van der Waals surface area contributed by atoms with Gasteiger partial charge >= 0.3 is 0 Å². The first-order chi connectivity index (χ1) is 8.95. The Balaban J connectivity index is 2.24. The first kappa shape index (κ1) is 14.1. The van der Waals surface area contributed by atoms with Crippen LogP contribution in [0.25, 0.3) is 0 Å². The van der Waals surface area contributed by atoms with Gasteiger partial charge in [0.15, 0.2) is 0 Å². The van der Waals surface area contributed by atoms with Gasteiger partial charge < -0.3 is 9.88 Å². The van der Waals surface area contributed by atoms with Crippen molar-refractivity contribution >= 4 is 27.6 Å². The van der Waals surface area contributed by atoms with Gasteiger partial charge in [-0.3, -0.25) is 0 Å². The molecule has 0 aliphatic carbocycles. The fourth-order valence-corrected chi connectivity index (χ4v) is 2.13. The summed E-state index contributed by atoms with van der Waals surface area (Å²) in [6.45, 7) is 7.13. The Bertz CT molecular complexity index is 578. The summed E-state index contributed by atoms with van der Waals surface area (Å²) in [4.78, 5) is 4.43. The van der Waals surface area contributed by atoms with Gasteiger partial charge in [0.05, 0.1) is 10.2 Å². The third-order valence-electron chi connectivity index (χ3n) is 2.63. The molecule has 1 heterocycles. The third kappa shape index (κ3) is 3.56. The molecule has 0 bridgehead atoms. The van der Waals surface area contributed by atoms with Crippen LogP contribution in [-0.2, 0) is 6.54 Å². The van der Waals surface area contributed by atoms with Crippen molar-refractivity contribution < 1.29 is 4.39 Å². The SMILES string of the molecule is Cc1cn(CC(C)C)c(Nc2ccc(Br)c(F)c2)n1. The van der Waals surface area contributed by atoms with E-state index in [2.05, 4.69) is 44.6 Å². The second kappa shape index (κ2) is 5.74. The van der Waals surface area contributed by atoms with E-state index in [1.165, 1.54) is 6.07 Å². The van der Waals surface area contributed by atoms with Crippen LogP contribution in [0.5, 0.6) is 0 Å². The zero-order valence-electron chi connectivity index (χ0n) is 11.2. The Morgan fingerprint density at radius 1 is 1.42 bits per heavy atom. The average Bonchev–Trinajstić information content (AvgIpc) is 2.63. The number of imidazole rings is 1. The fourth-order valence-electron chi connectivity index (χ4n) is 1.88. The van der Waals surface area contributed by atoms with Crippen molar-refractivity contribution in [1.82, 2.24) is 9.55 Å². The smallest absolute Gasteiger partial charge is 0.207 e. The Morgan fingerprint density at radius 3 is 2.79 bits per heavy atom. The Kier molecular flexibility index (Phi) is 4.24. The molecule has 0 unspecified atom stereocenters. The molecular weight excluding hydrogens is 309 g/mol. The first-order valence-electron chi connectivity index (χ1n) is 6.21. The van der Waals surface area contributed by atoms with Gasteiger partial charge in [-0.15, -0.1) is 0 Å². The number of nitrogens with one attached hydrogen (secondary N) is 1. The van der Waals surface area contributed by atoms with Crippen molar-refractivity contribution in [3.8, 4) is 0 Å². The molecule has 0 saturated carbocycles. The molecule has 2 aromatic rings. The highest BCUT2D eigenvalue weighted by atomic mass is 79.9. The number of hydrogen-bond donors (Lipinski definition) is 1. The number of nitrogens with zero attached hydrogens (tertiary/aromatic N) is 2. The van der Waals surface area contributed by atoms with Gasteiger partial charge in [0.2, 0.25) is 5.95 Å². The molecule has 1 N–H and O–H groups in total. The van der Waals surface area contributed by atoms with Crippen LogP contribution in [0.2, 0.25) is 0 Å². The molecule has 1 aromatic heterocycles. The maximum atomic E-state index is 13.5. The largest absolute Gasteiger partial charge is 0.326 e. The predicted octanol–water partition coefficient (Wildman–Crippen LogP) is 4.49. The highest BCUT2D eigenvalue weighted by Gasteiger charge is 2.08. The van der Waals surface area contributed by atoms with Gasteiger partial charge in [-0.25, -0.2) is 9.37 Å². The van der Waals surface area contributed by atoms with E-state index in [4.69, 9.17) is 0 Å². The number of benzene rings is 1. The van der Waals surface area contributed by atoms with E-state index >= 15 is 0 Å². The number of anilines is 2. The van der Waals surface area contributed by atoms with Crippen molar-refractivity contribution in [1.29, 1.82) is 0 Å². The quantitative estimate of drug-likeness (QED) is 0.897. The molecular formula is C14H17BrFN3. The van der Waals surface area contributed by atoms with Gasteiger partial charge in [0.25, 0.3) is 0 Å². The number of rotatable bonds is 4. The lowest BCUT2D eigenvalue weighted by molar-refractivity contribution is 0.527. The van der Waals surface area contributed by atoms with Crippen LogP contribution in [-0.4, -0.2) is 9.55 Å². The van der Waals surface area contributed by atoms with Crippen LogP contribution in [0.1, 0.15) is 19.5 Å². The molecule has 0 amide bonds. The molecule has 0 spiro atoms. The minimum Gasteiger partial charge on any atom is -0.326 e. The molecule has 0 aliphatic rings. The van der Waals surface area contributed by atoms with Crippen molar-refractivity contribution in [2.24, 2.45) is 5.92 Å². The van der Waals surface area contributed by atoms with Crippen LogP contribution in [0.4, 0.5) is 16.0 Å². The standard InChI is InChI=1S/C14H17BrFN3/c1-9(2)7-19-8-10(3)17-14(19)18-11-4-5-12(15)13(16)6-11/h4-6,8-9H,7H2,1-3H3,(H,17,18). The van der Waals surface area contributed by atoms with E-state index in [0.29, 0.717) is 16.1 Å². The summed E-state index contributed by atoms with van der Waals surface area (Å²) in [6.07, 6.45) is 2.00. The van der Waals surface area contributed by atoms with E-state index in [-0.39, 0.29) is 5.82 Å². The highest BCUT2D eigenvalue weighted by molar-refractivity contribution is 9.10. The molecule has 0 aliphatic heterocycles. The Hall–Kier alpha value is -1.36. The number of halogens is 2.